The fourth-order valence-electron chi connectivity index (χ4n) is 3.16. The quantitative estimate of drug-likeness (QED) is 0.882. The maximum atomic E-state index is 12.1. The van der Waals surface area contributed by atoms with E-state index in [4.69, 9.17) is 10.5 Å². The molecule has 0 aliphatic carbocycles. The number of piperidine rings is 1. The second kappa shape index (κ2) is 8.37. The van der Waals surface area contributed by atoms with Gasteiger partial charge in [-0.05, 0) is 76.5 Å². The van der Waals surface area contributed by atoms with Gasteiger partial charge in [-0.2, -0.15) is 0 Å². The number of carbonyl (C=O) groups is 2. The molecule has 0 radical (unpaired) electrons. The Balaban J connectivity index is 1.68. The van der Waals surface area contributed by atoms with E-state index in [0.717, 1.165) is 38.8 Å². The monoisotopic (exact) mass is 346 g/mol. The van der Waals surface area contributed by atoms with E-state index in [2.05, 4.69) is 0 Å². The smallest absolute Gasteiger partial charge is 0.410 e. The number of benzene rings is 1. The summed E-state index contributed by atoms with van der Waals surface area (Å²) in [5, 5.41) is 0. The van der Waals surface area contributed by atoms with Gasteiger partial charge in [-0.1, -0.05) is 12.1 Å². The fraction of sp³-hybridized carbons (Fsp3) is 0.600. The fourth-order valence-corrected chi connectivity index (χ4v) is 3.16. The van der Waals surface area contributed by atoms with Crippen molar-refractivity contribution in [1.29, 1.82) is 0 Å². The molecule has 5 heteroatoms. The first-order valence-corrected chi connectivity index (χ1v) is 9.11. The molecule has 0 spiro atoms. The number of amides is 2. The second-order valence-electron chi connectivity index (χ2n) is 7.86. The Morgan fingerprint density at radius 1 is 1.16 bits per heavy atom. The molecule has 2 rings (SSSR count). The Labute approximate surface area is 150 Å². The average molecular weight is 346 g/mol. The van der Waals surface area contributed by atoms with Crippen LogP contribution in [-0.4, -0.2) is 35.6 Å². The number of likely N-dealkylation sites (tertiary alicyclic amines) is 1. The largest absolute Gasteiger partial charge is 0.444 e. The average Bonchev–Trinajstić information content (AvgIpc) is 2.54. The van der Waals surface area contributed by atoms with Crippen molar-refractivity contribution in [2.24, 2.45) is 11.7 Å². The summed E-state index contributed by atoms with van der Waals surface area (Å²) < 4.78 is 5.43. The Morgan fingerprint density at radius 3 is 2.28 bits per heavy atom. The van der Waals surface area contributed by atoms with E-state index in [0.29, 0.717) is 11.5 Å². The van der Waals surface area contributed by atoms with Crippen molar-refractivity contribution in [3.8, 4) is 0 Å². The standard InChI is InChI=1S/C20H30N2O3/c1-20(2,3)25-19(24)22-13-11-16(12-14-22)6-4-5-15-7-9-17(10-8-15)18(21)23/h7-10,16H,4-6,11-14H2,1-3H3,(H2,21,23). The van der Waals surface area contributed by atoms with Gasteiger partial charge in [-0.25, -0.2) is 4.79 Å². The van der Waals surface area contributed by atoms with Crippen molar-refractivity contribution in [1.82, 2.24) is 4.90 Å². The number of nitrogens with zero attached hydrogens (tertiary/aromatic N) is 1. The third kappa shape index (κ3) is 6.40. The summed E-state index contributed by atoms with van der Waals surface area (Å²) in [7, 11) is 0. The Hall–Kier alpha value is -2.04. The molecule has 1 heterocycles. The third-order valence-electron chi connectivity index (χ3n) is 4.58. The van der Waals surface area contributed by atoms with Crippen LogP contribution in [0.1, 0.15) is 62.4 Å². The van der Waals surface area contributed by atoms with E-state index in [9.17, 15) is 9.59 Å². The minimum atomic E-state index is -0.433. The van der Waals surface area contributed by atoms with Crippen molar-refractivity contribution in [3.63, 3.8) is 0 Å². The highest BCUT2D eigenvalue weighted by Gasteiger charge is 2.26. The number of ether oxygens (including phenoxy) is 1. The maximum Gasteiger partial charge on any atom is 0.410 e. The van der Waals surface area contributed by atoms with Crippen LogP contribution in [-0.2, 0) is 11.2 Å². The van der Waals surface area contributed by atoms with Crippen LogP contribution in [0.4, 0.5) is 4.79 Å². The van der Waals surface area contributed by atoms with Crippen molar-refractivity contribution in [2.75, 3.05) is 13.1 Å². The van der Waals surface area contributed by atoms with Crippen molar-refractivity contribution in [3.05, 3.63) is 35.4 Å². The molecule has 0 atom stereocenters. The first kappa shape index (κ1) is 19.3. The molecule has 1 saturated heterocycles. The highest BCUT2D eigenvalue weighted by molar-refractivity contribution is 5.92. The van der Waals surface area contributed by atoms with Gasteiger partial charge < -0.3 is 15.4 Å². The Kier molecular flexibility index (Phi) is 6.45. The molecule has 138 valence electrons. The van der Waals surface area contributed by atoms with Crippen molar-refractivity contribution in [2.45, 2.75) is 58.5 Å². The zero-order chi connectivity index (χ0) is 18.4. The highest BCUT2D eigenvalue weighted by Crippen LogP contribution is 2.24. The van der Waals surface area contributed by atoms with Crippen LogP contribution in [0.3, 0.4) is 0 Å². The van der Waals surface area contributed by atoms with Crippen LogP contribution in [0, 0.1) is 5.92 Å². The molecule has 25 heavy (non-hydrogen) atoms. The molecule has 0 bridgehead atoms. The van der Waals surface area contributed by atoms with Crippen LogP contribution in [0.15, 0.2) is 24.3 Å². The van der Waals surface area contributed by atoms with Gasteiger partial charge in [0.05, 0.1) is 0 Å². The van der Waals surface area contributed by atoms with Crippen LogP contribution < -0.4 is 5.73 Å². The minimum absolute atomic E-state index is 0.194. The normalized spacial score (nSPS) is 15.9. The predicted octanol–water partition coefficient (Wildman–Crippen LogP) is 3.76. The van der Waals surface area contributed by atoms with E-state index in [1.165, 1.54) is 12.0 Å². The molecule has 0 saturated carbocycles. The van der Waals surface area contributed by atoms with Gasteiger partial charge in [0.15, 0.2) is 0 Å². The number of carbonyl (C=O) groups excluding carboxylic acids is 2. The summed E-state index contributed by atoms with van der Waals surface area (Å²) in [5.41, 5.74) is 6.61. The lowest BCUT2D eigenvalue weighted by Crippen LogP contribution is -2.41. The van der Waals surface area contributed by atoms with E-state index >= 15 is 0 Å². The summed E-state index contributed by atoms with van der Waals surface area (Å²) >= 11 is 0. The molecule has 1 aromatic carbocycles. The van der Waals surface area contributed by atoms with Gasteiger partial charge in [0.1, 0.15) is 5.60 Å². The molecule has 0 aromatic heterocycles. The number of nitrogens with two attached hydrogens (primary N) is 1. The number of primary amides is 1. The van der Waals surface area contributed by atoms with Gasteiger partial charge >= 0.3 is 6.09 Å². The molecule has 5 nitrogen and oxygen atoms in total. The van der Waals surface area contributed by atoms with E-state index in [-0.39, 0.29) is 12.0 Å². The molecule has 1 aliphatic heterocycles. The second-order valence-corrected chi connectivity index (χ2v) is 7.86. The number of hydrogen-bond acceptors (Lipinski definition) is 3. The van der Waals surface area contributed by atoms with Gasteiger partial charge in [-0.3, -0.25) is 4.79 Å². The third-order valence-corrected chi connectivity index (χ3v) is 4.58. The Morgan fingerprint density at radius 2 is 1.76 bits per heavy atom. The summed E-state index contributed by atoms with van der Waals surface area (Å²) in [6.45, 7) is 7.26. The first-order valence-electron chi connectivity index (χ1n) is 9.11. The van der Waals surface area contributed by atoms with Crippen LogP contribution in [0.25, 0.3) is 0 Å². The summed E-state index contributed by atoms with van der Waals surface area (Å²) in [6.07, 6.45) is 5.18. The van der Waals surface area contributed by atoms with Gasteiger partial charge in [-0.15, -0.1) is 0 Å². The van der Waals surface area contributed by atoms with Crippen molar-refractivity contribution < 1.29 is 14.3 Å². The van der Waals surface area contributed by atoms with Gasteiger partial charge in [0, 0.05) is 18.7 Å². The zero-order valence-electron chi connectivity index (χ0n) is 15.6. The number of rotatable bonds is 5. The number of hydrogen-bond donors (Lipinski definition) is 1. The minimum Gasteiger partial charge on any atom is -0.444 e. The predicted molar refractivity (Wildman–Crippen MR) is 98.4 cm³/mol. The molecule has 1 aromatic rings. The lowest BCUT2D eigenvalue weighted by Gasteiger charge is -2.33. The summed E-state index contributed by atoms with van der Waals surface area (Å²) in [4.78, 5) is 25.0. The van der Waals surface area contributed by atoms with Crippen molar-refractivity contribution >= 4 is 12.0 Å². The molecule has 1 aliphatic rings. The SMILES string of the molecule is CC(C)(C)OC(=O)N1CCC(CCCc2ccc(C(N)=O)cc2)CC1. The molecule has 0 unspecified atom stereocenters. The summed E-state index contributed by atoms with van der Waals surface area (Å²) in [6, 6.07) is 7.53. The Bertz CT molecular complexity index is 582. The van der Waals surface area contributed by atoms with E-state index in [1.807, 2.05) is 37.8 Å². The van der Waals surface area contributed by atoms with Crippen LogP contribution >= 0.6 is 0 Å². The molecular formula is C20H30N2O3. The zero-order valence-corrected chi connectivity index (χ0v) is 15.6. The van der Waals surface area contributed by atoms with Gasteiger partial charge in [0.25, 0.3) is 0 Å². The van der Waals surface area contributed by atoms with E-state index < -0.39 is 5.60 Å². The molecular weight excluding hydrogens is 316 g/mol. The molecule has 2 N–H and O–H groups in total. The maximum absolute atomic E-state index is 12.1. The molecule has 2 amide bonds. The summed E-state index contributed by atoms with van der Waals surface area (Å²) in [5.74, 6) is 0.284. The lowest BCUT2D eigenvalue weighted by atomic mass is 9.91. The van der Waals surface area contributed by atoms with Gasteiger partial charge in [0.2, 0.25) is 5.91 Å². The van der Waals surface area contributed by atoms with Crippen LogP contribution in [0.5, 0.6) is 0 Å². The lowest BCUT2D eigenvalue weighted by molar-refractivity contribution is 0.0180. The topological polar surface area (TPSA) is 72.6 Å². The van der Waals surface area contributed by atoms with E-state index in [1.54, 1.807) is 12.1 Å². The van der Waals surface area contributed by atoms with Crippen LogP contribution in [0.2, 0.25) is 0 Å². The number of aryl methyl sites for hydroxylation is 1. The molecule has 1 fully saturated rings. The first-order chi connectivity index (χ1) is 11.7. The highest BCUT2D eigenvalue weighted by atomic mass is 16.6.